The fraction of sp³-hybridized carbons (Fsp3) is 0.0526. The van der Waals surface area contributed by atoms with Gasteiger partial charge in [0.05, 0.1) is 29.2 Å². The van der Waals surface area contributed by atoms with Crippen molar-refractivity contribution in [2.45, 2.75) is 0 Å². The summed E-state index contributed by atoms with van der Waals surface area (Å²) in [5.41, 5.74) is 8.78. The number of carbonyl (C=O) groups excluding carboxylic acids is 1. The van der Waals surface area contributed by atoms with Crippen LogP contribution in [0.15, 0.2) is 66.9 Å². The lowest BCUT2D eigenvalue weighted by molar-refractivity contribution is 0.0959. The Morgan fingerprint density at radius 1 is 1.00 bits per heavy atom. The van der Waals surface area contributed by atoms with E-state index in [0.717, 1.165) is 16.6 Å². The number of hydrogen-bond acceptors (Lipinski definition) is 4. The van der Waals surface area contributed by atoms with Crippen LogP contribution < -0.4 is 15.6 Å². The monoisotopic (exact) mass is 332 g/mol. The molecule has 0 atom stereocenters. The summed E-state index contributed by atoms with van der Waals surface area (Å²) in [6, 6.07) is 18.8. The number of benzene rings is 2. The van der Waals surface area contributed by atoms with Crippen molar-refractivity contribution in [2.75, 3.05) is 12.5 Å². The fourth-order valence-corrected chi connectivity index (χ4v) is 2.83. The van der Waals surface area contributed by atoms with Gasteiger partial charge in [0.1, 0.15) is 5.75 Å². The van der Waals surface area contributed by atoms with E-state index in [9.17, 15) is 4.79 Å². The minimum Gasteiger partial charge on any atom is -0.496 e. The molecule has 6 nitrogen and oxygen atoms in total. The molecular weight excluding hydrogens is 316 g/mol. The first-order chi connectivity index (χ1) is 12.3. The van der Waals surface area contributed by atoms with E-state index >= 15 is 0 Å². The van der Waals surface area contributed by atoms with Crippen LogP contribution in [0.4, 0.5) is 5.82 Å². The maximum atomic E-state index is 12.4. The predicted molar refractivity (Wildman–Crippen MR) is 96.8 cm³/mol. The first-order valence-corrected chi connectivity index (χ1v) is 7.83. The third-order valence-electron chi connectivity index (χ3n) is 4.01. The zero-order valence-electron chi connectivity index (χ0n) is 13.6. The molecule has 0 aliphatic carbocycles. The van der Waals surface area contributed by atoms with Crippen LogP contribution in [0.25, 0.3) is 16.6 Å². The Balaban J connectivity index is 1.66. The number of fused-ring (bicyclic) bond motifs is 3. The summed E-state index contributed by atoms with van der Waals surface area (Å²) >= 11 is 0. The molecule has 4 aromatic rings. The van der Waals surface area contributed by atoms with Crippen molar-refractivity contribution in [1.82, 2.24) is 14.8 Å². The van der Waals surface area contributed by atoms with E-state index in [1.54, 1.807) is 18.2 Å². The zero-order chi connectivity index (χ0) is 17.2. The molecule has 2 aromatic carbocycles. The molecule has 6 heteroatoms. The second kappa shape index (κ2) is 6.16. The molecule has 1 amide bonds. The summed E-state index contributed by atoms with van der Waals surface area (Å²) in [7, 11) is 1.54. The van der Waals surface area contributed by atoms with E-state index < -0.39 is 0 Å². The average molecular weight is 332 g/mol. The molecule has 0 unspecified atom stereocenters. The van der Waals surface area contributed by atoms with Crippen molar-refractivity contribution in [3.05, 3.63) is 72.4 Å². The third-order valence-corrected chi connectivity index (χ3v) is 4.01. The molecular formula is C19H16N4O2. The van der Waals surface area contributed by atoms with Gasteiger partial charge in [0.2, 0.25) is 0 Å². The van der Waals surface area contributed by atoms with Gasteiger partial charge in [0.25, 0.3) is 5.91 Å². The maximum absolute atomic E-state index is 12.4. The molecule has 0 saturated heterocycles. The summed E-state index contributed by atoms with van der Waals surface area (Å²) in [6.07, 6.45) is 1.96. The van der Waals surface area contributed by atoms with E-state index in [1.807, 2.05) is 53.1 Å². The van der Waals surface area contributed by atoms with Gasteiger partial charge in [-0.3, -0.25) is 15.6 Å². The highest BCUT2D eigenvalue weighted by molar-refractivity contribution is 5.98. The van der Waals surface area contributed by atoms with Crippen LogP contribution in [-0.4, -0.2) is 22.4 Å². The number of carbonyl (C=O) groups is 1. The molecule has 0 fully saturated rings. The molecule has 0 spiro atoms. The molecule has 0 bridgehead atoms. The highest BCUT2D eigenvalue weighted by atomic mass is 16.5. The summed E-state index contributed by atoms with van der Waals surface area (Å²) in [5.74, 6) is 0.796. The Hall–Kier alpha value is -3.54. The van der Waals surface area contributed by atoms with Gasteiger partial charge in [-0.05, 0) is 36.4 Å². The van der Waals surface area contributed by atoms with Crippen molar-refractivity contribution < 1.29 is 9.53 Å². The second-order valence-electron chi connectivity index (χ2n) is 5.49. The van der Waals surface area contributed by atoms with Gasteiger partial charge in [-0.25, -0.2) is 4.98 Å². The summed E-state index contributed by atoms with van der Waals surface area (Å²) < 4.78 is 7.25. The Bertz CT molecular complexity index is 1070. The topological polar surface area (TPSA) is 67.7 Å². The van der Waals surface area contributed by atoms with Crippen LogP contribution in [0.1, 0.15) is 10.4 Å². The number of aromatic nitrogens is 2. The number of nitrogens with zero attached hydrogens (tertiary/aromatic N) is 2. The lowest BCUT2D eigenvalue weighted by Crippen LogP contribution is -2.30. The van der Waals surface area contributed by atoms with Gasteiger partial charge < -0.3 is 9.14 Å². The van der Waals surface area contributed by atoms with Gasteiger partial charge in [-0.2, -0.15) is 0 Å². The summed E-state index contributed by atoms with van der Waals surface area (Å²) in [6.45, 7) is 0. The van der Waals surface area contributed by atoms with Crippen LogP contribution >= 0.6 is 0 Å². The van der Waals surface area contributed by atoms with Crippen LogP contribution in [0.3, 0.4) is 0 Å². The predicted octanol–water partition coefficient (Wildman–Crippen LogP) is 3.25. The maximum Gasteiger partial charge on any atom is 0.273 e. The fourth-order valence-electron chi connectivity index (χ4n) is 2.83. The first kappa shape index (κ1) is 15.0. The van der Waals surface area contributed by atoms with Crippen LogP contribution in [0.2, 0.25) is 0 Å². The molecule has 0 saturated carbocycles. The van der Waals surface area contributed by atoms with Crippen molar-refractivity contribution >= 4 is 28.3 Å². The van der Waals surface area contributed by atoms with E-state index in [4.69, 9.17) is 4.74 Å². The summed E-state index contributed by atoms with van der Waals surface area (Å²) in [5, 5.41) is 0. The van der Waals surface area contributed by atoms with E-state index in [-0.39, 0.29) is 5.91 Å². The highest BCUT2D eigenvalue weighted by Gasteiger charge is 2.13. The van der Waals surface area contributed by atoms with E-state index in [0.29, 0.717) is 17.1 Å². The second-order valence-corrected chi connectivity index (χ2v) is 5.49. The largest absolute Gasteiger partial charge is 0.496 e. The van der Waals surface area contributed by atoms with Crippen molar-refractivity contribution in [3.8, 4) is 5.75 Å². The molecule has 0 radical (unpaired) electrons. The van der Waals surface area contributed by atoms with Crippen molar-refractivity contribution in [2.24, 2.45) is 0 Å². The lowest BCUT2D eigenvalue weighted by Gasteiger charge is -2.13. The number of para-hydroxylation sites is 3. The number of hydrazine groups is 1. The van der Waals surface area contributed by atoms with Gasteiger partial charge in [0, 0.05) is 6.20 Å². The number of rotatable bonds is 4. The smallest absolute Gasteiger partial charge is 0.273 e. The molecule has 124 valence electrons. The Morgan fingerprint density at radius 3 is 2.64 bits per heavy atom. The Kier molecular flexibility index (Phi) is 3.70. The average Bonchev–Trinajstić information content (AvgIpc) is 3.16. The van der Waals surface area contributed by atoms with Crippen molar-refractivity contribution in [3.63, 3.8) is 0 Å². The first-order valence-electron chi connectivity index (χ1n) is 7.83. The number of nitrogens with one attached hydrogen (secondary N) is 2. The number of methoxy groups -OCH3 is 1. The SMILES string of the molecule is COc1ccccc1C(=O)NNc1nc2ccccc2n2cccc12. The molecule has 2 aromatic heterocycles. The Morgan fingerprint density at radius 2 is 1.76 bits per heavy atom. The third kappa shape index (κ3) is 2.63. The normalized spacial score (nSPS) is 10.8. The van der Waals surface area contributed by atoms with Gasteiger partial charge in [-0.1, -0.05) is 24.3 Å². The highest BCUT2D eigenvalue weighted by Crippen LogP contribution is 2.22. The van der Waals surface area contributed by atoms with Crippen LogP contribution in [-0.2, 0) is 0 Å². The molecule has 0 aliphatic rings. The van der Waals surface area contributed by atoms with Crippen molar-refractivity contribution in [1.29, 1.82) is 0 Å². The lowest BCUT2D eigenvalue weighted by atomic mass is 10.2. The molecule has 2 N–H and O–H groups in total. The standard InChI is InChI=1S/C19H16N4O2/c1-25-17-11-5-2-7-13(17)19(24)22-21-18-16-10-6-12-23(16)15-9-4-3-8-14(15)20-18/h2-12H,1H3,(H,20,21)(H,22,24). The van der Waals surface area contributed by atoms with Crippen LogP contribution in [0, 0.1) is 0 Å². The molecule has 0 aliphatic heterocycles. The number of ether oxygens (including phenoxy) is 1. The quantitative estimate of drug-likeness (QED) is 0.563. The van der Waals surface area contributed by atoms with Gasteiger partial charge >= 0.3 is 0 Å². The minimum atomic E-state index is -0.294. The molecule has 2 heterocycles. The minimum absolute atomic E-state index is 0.294. The molecule has 25 heavy (non-hydrogen) atoms. The number of amides is 1. The van der Waals surface area contributed by atoms with Gasteiger partial charge in [-0.15, -0.1) is 0 Å². The number of anilines is 1. The summed E-state index contributed by atoms with van der Waals surface area (Å²) in [4.78, 5) is 17.1. The van der Waals surface area contributed by atoms with E-state index in [2.05, 4.69) is 15.8 Å². The molecule has 4 rings (SSSR count). The van der Waals surface area contributed by atoms with Gasteiger partial charge in [0.15, 0.2) is 5.82 Å². The Labute approximate surface area is 144 Å². The van der Waals surface area contributed by atoms with E-state index in [1.165, 1.54) is 7.11 Å². The zero-order valence-corrected chi connectivity index (χ0v) is 13.6. The van der Waals surface area contributed by atoms with Crippen LogP contribution in [0.5, 0.6) is 5.75 Å². The number of hydrogen-bond donors (Lipinski definition) is 2.